The molecule has 0 spiro atoms. The van der Waals surface area contributed by atoms with Crippen molar-refractivity contribution < 1.29 is 4.79 Å². The van der Waals surface area contributed by atoms with Crippen molar-refractivity contribution in [1.82, 2.24) is 0 Å². The molecule has 0 atom stereocenters. The lowest BCUT2D eigenvalue weighted by molar-refractivity contribution is -0.116. The molecule has 0 bridgehead atoms. The maximum Gasteiger partial charge on any atom is 0.224 e. The fourth-order valence-corrected chi connectivity index (χ4v) is 3.53. The number of anilines is 1. The van der Waals surface area contributed by atoms with Crippen molar-refractivity contribution in [3.05, 3.63) is 51.7 Å². The van der Waals surface area contributed by atoms with E-state index in [4.69, 9.17) is 0 Å². The number of hydrogen-bond donors (Lipinski definition) is 1. The van der Waals surface area contributed by atoms with Crippen molar-refractivity contribution in [3.8, 4) is 0 Å². The molecule has 0 aliphatic rings. The van der Waals surface area contributed by atoms with Gasteiger partial charge < -0.3 is 5.32 Å². The van der Waals surface area contributed by atoms with Crippen LogP contribution in [0.15, 0.2) is 35.7 Å². The number of nitrogens with one attached hydrogen (secondary N) is 1. The molecule has 1 aromatic heterocycles. The largest absolute Gasteiger partial charge is 0.326 e. The number of amides is 1. The number of para-hydroxylation sites is 1. The average molecular weight is 330 g/mol. The topological polar surface area (TPSA) is 29.1 Å². The van der Waals surface area contributed by atoms with Crippen molar-refractivity contribution in [1.29, 1.82) is 0 Å². The summed E-state index contributed by atoms with van der Waals surface area (Å²) in [4.78, 5) is 13.7. The van der Waals surface area contributed by atoms with Crippen molar-refractivity contribution in [2.45, 2.75) is 58.8 Å². The summed E-state index contributed by atoms with van der Waals surface area (Å²) in [7, 11) is 0. The predicted octanol–water partition coefficient (Wildman–Crippen LogP) is 5.96. The van der Waals surface area contributed by atoms with Gasteiger partial charge >= 0.3 is 0 Å². The first-order chi connectivity index (χ1) is 11.0. The van der Waals surface area contributed by atoms with Crippen LogP contribution < -0.4 is 5.32 Å². The fraction of sp³-hybridized carbons (Fsp3) is 0.450. The lowest BCUT2D eigenvalue weighted by atomic mass is 9.92. The van der Waals surface area contributed by atoms with Crippen molar-refractivity contribution in [2.24, 2.45) is 0 Å². The van der Waals surface area contributed by atoms with Crippen molar-refractivity contribution in [2.75, 3.05) is 5.32 Å². The van der Waals surface area contributed by atoms with E-state index in [1.54, 1.807) is 11.3 Å². The van der Waals surface area contributed by atoms with Crippen LogP contribution >= 0.6 is 11.3 Å². The van der Waals surface area contributed by atoms with Gasteiger partial charge in [0.15, 0.2) is 0 Å². The zero-order chi connectivity index (χ0) is 16.8. The van der Waals surface area contributed by atoms with Gasteiger partial charge in [0.25, 0.3) is 0 Å². The van der Waals surface area contributed by atoms with E-state index in [0.29, 0.717) is 18.3 Å². The molecule has 23 heavy (non-hydrogen) atoms. The van der Waals surface area contributed by atoms with E-state index < -0.39 is 0 Å². The van der Waals surface area contributed by atoms with Gasteiger partial charge in [0.1, 0.15) is 0 Å². The van der Waals surface area contributed by atoms with Crippen LogP contribution in [0, 0.1) is 0 Å². The Bertz CT molecular complexity index is 603. The third kappa shape index (κ3) is 4.93. The molecule has 0 unspecified atom stereocenters. The second kappa shape index (κ2) is 8.30. The molecular formula is C20H27NOS. The summed E-state index contributed by atoms with van der Waals surface area (Å²) in [5.41, 5.74) is 3.48. The van der Waals surface area contributed by atoms with Crippen LogP contribution in [0.25, 0.3) is 0 Å². The van der Waals surface area contributed by atoms with Gasteiger partial charge in [-0.2, -0.15) is 0 Å². The molecule has 0 aliphatic carbocycles. The van der Waals surface area contributed by atoms with E-state index in [1.807, 2.05) is 0 Å². The molecule has 0 radical (unpaired) electrons. The number of benzene rings is 1. The summed E-state index contributed by atoms with van der Waals surface area (Å²) in [5.74, 6) is 0.918. The van der Waals surface area contributed by atoms with Crippen LogP contribution in [0.5, 0.6) is 0 Å². The van der Waals surface area contributed by atoms with E-state index in [1.165, 1.54) is 16.0 Å². The van der Waals surface area contributed by atoms with Gasteiger partial charge in [-0.1, -0.05) is 52.0 Å². The number of carbonyl (C=O) groups is 1. The molecule has 124 valence electrons. The molecule has 1 amide bonds. The Morgan fingerprint density at radius 3 is 2.22 bits per heavy atom. The van der Waals surface area contributed by atoms with Crippen LogP contribution in [0.4, 0.5) is 5.69 Å². The predicted molar refractivity (Wildman–Crippen MR) is 101 cm³/mol. The van der Waals surface area contributed by atoms with Gasteiger partial charge in [0.05, 0.1) is 0 Å². The van der Waals surface area contributed by atoms with E-state index in [2.05, 4.69) is 68.7 Å². The second-order valence-corrected chi connectivity index (χ2v) is 7.63. The highest BCUT2D eigenvalue weighted by molar-refractivity contribution is 7.09. The minimum Gasteiger partial charge on any atom is -0.326 e. The number of hydrogen-bond acceptors (Lipinski definition) is 2. The van der Waals surface area contributed by atoms with Crippen LogP contribution in [0.2, 0.25) is 0 Å². The average Bonchev–Trinajstić information content (AvgIpc) is 3.00. The summed E-state index contributed by atoms with van der Waals surface area (Å²) < 4.78 is 0. The Kier molecular flexibility index (Phi) is 6.40. The zero-order valence-corrected chi connectivity index (χ0v) is 15.4. The Morgan fingerprint density at radius 2 is 1.70 bits per heavy atom. The van der Waals surface area contributed by atoms with E-state index in [9.17, 15) is 4.79 Å². The smallest absolute Gasteiger partial charge is 0.224 e. The number of aryl methyl sites for hydroxylation is 1. The summed E-state index contributed by atoms with van der Waals surface area (Å²) in [6, 6.07) is 10.5. The first-order valence-electron chi connectivity index (χ1n) is 8.44. The molecule has 2 rings (SSSR count). The first-order valence-corrected chi connectivity index (χ1v) is 9.32. The van der Waals surface area contributed by atoms with E-state index in [0.717, 1.165) is 18.5 Å². The molecule has 3 heteroatoms. The van der Waals surface area contributed by atoms with Crippen molar-refractivity contribution in [3.63, 3.8) is 0 Å². The van der Waals surface area contributed by atoms with Crippen molar-refractivity contribution >= 4 is 22.9 Å². The molecule has 0 aliphatic heterocycles. The number of thiophene rings is 1. The molecule has 0 fully saturated rings. The van der Waals surface area contributed by atoms with Gasteiger partial charge in [0.2, 0.25) is 5.91 Å². The van der Waals surface area contributed by atoms with Gasteiger partial charge in [-0.15, -0.1) is 11.3 Å². The van der Waals surface area contributed by atoms with E-state index >= 15 is 0 Å². The Labute approximate surface area is 143 Å². The van der Waals surface area contributed by atoms with Gasteiger partial charge in [0, 0.05) is 17.0 Å². The number of rotatable bonds is 7. The summed E-state index contributed by atoms with van der Waals surface area (Å²) in [6.45, 7) is 8.69. The Hall–Kier alpha value is -1.61. The Balaban J connectivity index is 2.04. The standard InChI is InChI=1S/C20H27NOS/c1-14(2)17-10-6-11-18(15(3)4)20(17)21-19(22)12-5-8-16-9-7-13-23-16/h6-7,9-11,13-15H,5,8,12H2,1-4H3,(H,21,22). The SMILES string of the molecule is CC(C)c1cccc(C(C)C)c1NC(=O)CCCc1cccs1. The first kappa shape index (κ1) is 17.7. The molecule has 1 heterocycles. The summed E-state index contributed by atoms with van der Waals surface area (Å²) in [5, 5.41) is 5.27. The fourth-order valence-electron chi connectivity index (χ4n) is 2.78. The lowest BCUT2D eigenvalue weighted by Gasteiger charge is -2.20. The summed E-state index contributed by atoms with van der Waals surface area (Å²) in [6.07, 6.45) is 2.45. The van der Waals surface area contributed by atoms with Crippen LogP contribution in [0.1, 0.15) is 68.4 Å². The highest BCUT2D eigenvalue weighted by atomic mass is 32.1. The summed E-state index contributed by atoms with van der Waals surface area (Å²) >= 11 is 1.76. The van der Waals surface area contributed by atoms with E-state index in [-0.39, 0.29) is 5.91 Å². The zero-order valence-electron chi connectivity index (χ0n) is 14.6. The van der Waals surface area contributed by atoms with Crippen LogP contribution in [-0.2, 0) is 11.2 Å². The highest BCUT2D eigenvalue weighted by Crippen LogP contribution is 2.32. The highest BCUT2D eigenvalue weighted by Gasteiger charge is 2.15. The number of carbonyl (C=O) groups excluding carboxylic acids is 1. The van der Waals surface area contributed by atoms with Gasteiger partial charge in [-0.3, -0.25) is 4.79 Å². The molecule has 2 nitrogen and oxygen atoms in total. The minimum atomic E-state index is 0.122. The molecule has 0 saturated carbocycles. The second-order valence-electron chi connectivity index (χ2n) is 6.60. The van der Waals surface area contributed by atoms with Gasteiger partial charge in [-0.25, -0.2) is 0 Å². The quantitative estimate of drug-likeness (QED) is 0.667. The normalized spacial score (nSPS) is 11.2. The molecule has 0 saturated heterocycles. The maximum absolute atomic E-state index is 12.4. The van der Waals surface area contributed by atoms with Crippen LogP contribution in [0.3, 0.4) is 0 Å². The Morgan fingerprint density at radius 1 is 1.04 bits per heavy atom. The monoisotopic (exact) mass is 329 g/mol. The molecule has 2 aromatic rings. The third-order valence-electron chi connectivity index (χ3n) is 4.04. The molecule has 1 aromatic carbocycles. The third-order valence-corrected chi connectivity index (χ3v) is 4.98. The van der Waals surface area contributed by atoms with Gasteiger partial charge in [-0.05, 0) is 47.3 Å². The molecular weight excluding hydrogens is 302 g/mol. The lowest BCUT2D eigenvalue weighted by Crippen LogP contribution is -2.15. The molecule has 1 N–H and O–H groups in total. The van der Waals surface area contributed by atoms with Crippen LogP contribution in [-0.4, -0.2) is 5.91 Å². The maximum atomic E-state index is 12.4. The minimum absolute atomic E-state index is 0.122.